The Labute approximate surface area is 143 Å². The van der Waals surface area contributed by atoms with Gasteiger partial charge in [0.25, 0.3) is 0 Å². The number of hydrogen-bond donors (Lipinski definition) is 0. The van der Waals surface area contributed by atoms with Crippen molar-refractivity contribution < 1.29 is 13.6 Å². The lowest BCUT2D eigenvalue weighted by atomic mass is 10.1. The second kappa shape index (κ2) is 6.16. The molecule has 2 aromatic rings. The van der Waals surface area contributed by atoms with Crippen LogP contribution in [0.3, 0.4) is 0 Å². The molecule has 3 nitrogen and oxygen atoms in total. The van der Waals surface area contributed by atoms with Gasteiger partial charge in [0, 0.05) is 43.6 Å². The average Bonchev–Trinajstić information content (AvgIpc) is 3.16. The zero-order valence-electron chi connectivity index (χ0n) is 13.1. The highest BCUT2D eigenvalue weighted by atomic mass is 32.1. The predicted molar refractivity (Wildman–Crippen MR) is 90.3 cm³/mol. The van der Waals surface area contributed by atoms with Crippen molar-refractivity contribution >= 4 is 22.2 Å². The summed E-state index contributed by atoms with van der Waals surface area (Å²) in [5, 5.41) is 3.27. The summed E-state index contributed by atoms with van der Waals surface area (Å²) in [6, 6.07) is 7.99. The summed E-state index contributed by atoms with van der Waals surface area (Å²) >= 11 is 1.70. The van der Waals surface area contributed by atoms with E-state index in [-0.39, 0.29) is 23.3 Å². The molecule has 6 heteroatoms. The maximum absolute atomic E-state index is 13.9. The van der Waals surface area contributed by atoms with Gasteiger partial charge in [-0.3, -0.25) is 4.79 Å². The van der Waals surface area contributed by atoms with Gasteiger partial charge in [0.1, 0.15) is 11.6 Å². The third-order valence-electron chi connectivity index (χ3n) is 4.89. The molecule has 1 saturated heterocycles. The molecule has 0 bridgehead atoms. The van der Waals surface area contributed by atoms with Crippen molar-refractivity contribution in [2.24, 2.45) is 5.92 Å². The molecule has 1 aliphatic heterocycles. The number of benzene rings is 1. The number of anilines is 1. The Hall–Kier alpha value is -1.95. The predicted octanol–water partition coefficient (Wildman–Crippen LogP) is 3.48. The number of nitrogens with zero attached hydrogens (tertiary/aromatic N) is 2. The van der Waals surface area contributed by atoms with E-state index in [9.17, 15) is 13.6 Å². The summed E-state index contributed by atoms with van der Waals surface area (Å²) in [5.74, 6) is -1.64. The Morgan fingerprint density at radius 1 is 1.04 bits per heavy atom. The van der Waals surface area contributed by atoms with Crippen molar-refractivity contribution in [1.29, 1.82) is 0 Å². The fourth-order valence-corrected chi connectivity index (χ4v) is 4.27. The number of halogens is 2. The molecule has 1 aliphatic carbocycles. The standard InChI is InChI=1S/C18H18F2N2OS/c19-14-3-1-4-15(20)17(14)12-11-13(12)18(23)22-8-6-21(7-9-22)16-5-2-10-24-16/h1-5,10,12-13H,6-9,11H2/t12-,13-/m1/s1. The first-order valence-electron chi connectivity index (χ1n) is 8.16. The minimum Gasteiger partial charge on any atom is -0.360 e. The van der Waals surface area contributed by atoms with Crippen molar-refractivity contribution in [2.75, 3.05) is 31.1 Å². The third kappa shape index (κ3) is 2.79. The molecule has 4 rings (SSSR count). The maximum atomic E-state index is 13.9. The van der Waals surface area contributed by atoms with Gasteiger partial charge in [0.2, 0.25) is 5.91 Å². The summed E-state index contributed by atoms with van der Waals surface area (Å²) in [6.45, 7) is 2.94. The van der Waals surface area contributed by atoms with Crippen LogP contribution in [0.2, 0.25) is 0 Å². The molecule has 126 valence electrons. The molecule has 1 aromatic carbocycles. The molecule has 0 radical (unpaired) electrons. The van der Waals surface area contributed by atoms with Crippen LogP contribution in [0.15, 0.2) is 35.7 Å². The number of piperazine rings is 1. The van der Waals surface area contributed by atoms with Gasteiger partial charge in [-0.1, -0.05) is 6.07 Å². The first-order chi connectivity index (χ1) is 11.6. The van der Waals surface area contributed by atoms with Crippen LogP contribution in [0.25, 0.3) is 0 Å². The van der Waals surface area contributed by atoms with Crippen LogP contribution < -0.4 is 4.90 Å². The number of hydrogen-bond acceptors (Lipinski definition) is 3. The van der Waals surface area contributed by atoms with Crippen molar-refractivity contribution in [2.45, 2.75) is 12.3 Å². The summed E-state index contributed by atoms with van der Waals surface area (Å²) < 4.78 is 27.7. The fourth-order valence-electron chi connectivity index (χ4n) is 3.48. The van der Waals surface area contributed by atoms with E-state index in [1.807, 2.05) is 16.3 Å². The molecule has 1 saturated carbocycles. The minimum absolute atomic E-state index is 0.0356. The zero-order chi connectivity index (χ0) is 16.7. The van der Waals surface area contributed by atoms with Crippen LogP contribution in [0, 0.1) is 17.6 Å². The summed E-state index contributed by atoms with van der Waals surface area (Å²) in [7, 11) is 0. The topological polar surface area (TPSA) is 23.6 Å². The largest absolute Gasteiger partial charge is 0.360 e. The highest BCUT2D eigenvalue weighted by molar-refractivity contribution is 7.14. The molecule has 1 amide bonds. The lowest BCUT2D eigenvalue weighted by molar-refractivity contribution is -0.132. The van der Waals surface area contributed by atoms with Crippen LogP contribution in [-0.4, -0.2) is 37.0 Å². The van der Waals surface area contributed by atoms with Gasteiger partial charge in [0.15, 0.2) is 0 Å². The summed E-state index contributed by atoms with van der Waals surface area (Å²) in [5.41, 5.74) is 0.0769. The molecule has 2 aliphatic rings. The van der Waals surface area contributed by atoms with Crippen LogP contribution in [0.4, 0.5) is 13.8 Å². The van der Waals surface area contributed by atoms with Gasteiger partial charge in [-0.15, -0.1) is 11.3 Å². The number of carbonyl (C=O) groups is 1. The van der Waals surface area contributed by atoms with E-state index in [1.165, 1.54) is 23.2 Å². The Bertz CT molecular complexity index is 721. The normalized spacial score (nSPS) is 23.4. The van der Waals surface area contributed by atoms with E-state index in [2.05, 4.69) is 11.0 Å². The second-order valence-corrected chi connectivity index (χ2v) is 7.27. The van der Waals surface area contributed by atoms with E-state index < -0.39 is 11.6 Å². The lowest BCUT2D eigenvalue weighted by Gasteiger charge is -2.35. The summed E-state index contributed by atoms with van der Waals surface area (Å²) in [6.07, 6.45) is 0.543. The average molecular weight is 348 g/mol. The Morgan fingerprint density at radius 3 is 2.38 bits per heavy atom. The van der Waals surface area contributed by atoms with E-state index >= 15 is 0 Å². The lowest BCUT2D eigenvalue weighted by Crippen LogP contribution is -2.49. The summed E-state index contributed by atoms with van der Waals surface area (Å²) in [4.78, 5) is 16.7. The van der Waals surface area contributed by atoms with E-state index in [1.54, 1.807) is 11.3 Å². The number of amides is 1. The molecule has 1 aromatic heterocycles. The van der Waals surface area contributed by atoms with Gasteiger partial charge in [0.05, 0.1) is 5.00 Å². The Kier molecular flexibility index (Phi) is 4.00. The Balaban J connectivity index is 1.38. The molecule has 0 unspecified atom stereocenters. The second-order valence-electron chi connectivity index (χ2n) is 6.35. The molecule has 2 fully saturated rings. The maximum Gasteiger partial charge on any atom is 0.226 e. The van der Waals surface area contributed by atoms with E-state index in [0.717, 1.165) is 13.1 Å². The SMILES string of the molecule is O=C([C@@H]1C[C@H]1c1c(F)cccc1F)N1CCN(c2cccs2)CC1. The van der Waals surface area contributed by atoms with Crippen molar-refractivity contribution in [1.82, 2.24) is 4.90 Å². The van der Waals surface area contributed by atoms with Gasteiger partial charge in [-0.05, 0) is 36.1 Å². The van der Waals surface area contributed by atoms with Crippen molar-refractivity contribution in [3.8, 4) is 0 Å². The molecule has 24 heavy (non-hydrogen) atoms. The van der Waals surface area contributed by atoms with E-state index in [4.69, 9.17) is 0 Å². The quantitative estimate of drug-likeness (QED) is 0.848. The van der Waals surface area contributed by atoms with Crippen LogP contribution in [0.1, 0.15) is 17.9 Å². The van der Waals surface area contributed by atoms with Gasteiger partial charge < -0.3 is 9.80 Å². The van der Waals surface area contributed by atoms with Crippen molar-refractivity contribution in [3.05, 3.63) is 52.9 Å². The van der Waals surface area contributed by atoms with Gasteiger partial charge >= 0.3 is 0 Å². The van der Waals surface area contributed by atoms with Crippen LogP contribution >= 0.6 is 11.3 Å². The molecule has 0 spiro atoms. The first kappa shape index (κ1) is 15.6. The third-order valence-corrected chi connectivity index (χ3v) is 5.82. The number of rotatable bonds is 3. The number of thiophene rings is 1. The van der Waals surface area contributed by atoms with Crippen molar-refractivity contribution in [3.63, 3.8) is 0 Å². The zero-order valence-corrected chi connectivity index (χ0v) is 13.9. The highest BCUT2D eigenvalue weighted by Crippen LogP contribution is 2.50. The number of carbonyl (C=O) groups excluding carboxylic acids is 1. The monoisotopic (exact) mass is 348 g/mol. The molecular formula is C18H18F2N2OS. The molecule has 0 N–H and O–H groups in total. The van der Waals surface area contributed by atoms with Gasteiger partial charge in [-0.25, -0.2) is 8.78 Å². The fraction of sp³-hybridized carbons (Fsp3) is 0.389. The van der Waals surface area contributed by atoms with Gasteiger partial charge in [-0.2, -0.15) is 0 Å². The molecular weight excluding hydrogens is 330 g/mol. The van der Waals surface area contributed by atoms with Crippen LogP contribution in [0.5, 0.6) is 0 Å². The highest BCUT2D eigenvalue weighted by Gasteiger charge is 2.48. The minimum atomic E-state index is -0.544. The first-order valence-corrected chi connectivity index (χ1v) is 9.04. The molecule has 2 atom stereocenters. The molecule has 2 heterocycles. The van der Waals surface area contributed by atoms with E-state index in [0.29, 0.717) is 19.5 Å². The smallest absolute Gasteiger partial charge is 0.226 e. The Morgan fingerprint density at radius 2 is 1.75 bits per heavy atom. The van der Waals surface area contributed by atoms with Crippen LogP contribution in [-0.2, 0) is 4.79 Å².